The third-order valence-corrected chi connectivity index (χ3v) is 3.85. The van der Waals surface area contributed by atoms with Gasteiger partial charge in [-0.1, -0.05) is 6.07 Å². The molecule has 0 saturated heterocycles. The number of hydrogen-bond donors (Lipinski definition) is 4. The lowest BCUT2D eigenvalue weighted by Gasteiger charge is -2.26. The van der Waals surface area contributed by atoms with Crippen molar-refractivity contribution in [3.05, 3.63) is 40.7 Å². The lowest BCUT2D eigenvalue weighted by molar-refractivity contribution is -0.275. The van der Waals surface area contributed by atoms with Crippen molar-refractivity contribution < 1.29 is 22.3 Å². The Morgan fingerprint density at radius 2 is 1.97 bits per heavy atom. The summed E-state index contributed by atoms with van der Waals surface area (Å²) in [5.41, 5.74) is 11.6. The van der Waals surface area contributed by atoms with Gasteiger partial charge >= 0.3 is 6.36 Å². The van der Waals surface area contributed by atoms with Gasteiger partial charge in [0.1, 0.15) is 29.3 Å². The Hall–Kier alpha value is -4.26. The Morgan fingerprint density at radius 1 is 1.24 bits per heavy atom. The van der Waals surface area contributed by atoms with Crippen LogP contribution in [0.5, 0.6) is 5.75 Å². The van der Waals surface area contributed by atoms with E-state index in [0.717, 1.165) is 18.2 Å². The van der Waals surface area contributed by atoms with E-state index in [1.54, 1.807) is 12.3 Å². The molecule has 1 unspecified atom stereocenters. The summed E-state index contributed by atoms with van der Waals surface area (Å²) in [6.45, 7) is 0. The van der Waals surface area contributed by atoms with E-state index in [4.69, 9.17) is 16.7 Å². The highest BCUT2D eigenvalue weighted by molar-refractivity contribution is 5.98. The molecule has 9 nitrogen and oxygen atoms in total. The standard InChI is InChI=1S/C16H10F4N8O/c17-8-2-1-6(3-9(8)29-16(18,19)20)12-10-11(23)7(4-21)13(24)27-14(10)28-15(26-12)25-5-22/h1-3,12H,(H6,23,24,25,26,27,28). The van der Waals surface area contributed by atoms with E-state index in [2.05, 4.69) is 25.3 Å². The number of alkyl halides is 3. The van der Waals surface area contributed by atoms with Gasteiger partial charge < -0.3 is 21.5 Å². The second kappa shape index (κ2) is 7.05. The molecule has 3 rings (SSSR count). The molecule has 1 atom stereocenters. The van der Waals surface area contributed by atoms with Gasteiger partial charge in [-0.25, -0.2) is 14.4 Å². The number of ether oxygens (including phenoxy) is 1. The number of nitriles is 2. The zero-order valence-corrected chi connectivity index (χ0v) is 14.2. The summed E-state index contributed by atoms with van der Waals surface area (Å²) in [6.07, 6.45) is -3.50. The van der Waals surface area contributed by atoms with Crippen LogP contribution < -0.4 is 26.8 Å². The van der Waals surface area contributed by atoms with Crippen LogP contribution in [0.1, 0.15) is 22.7 Å². The average molecular weight is 406 g/mol. The fourth-order valence-electron chi connectivity index (χ4n) is 2.72. The van der Waals surface area contributed by atoms with E-state index >= 15 is 0 Å². The number of nitrogens with two attached hydrogens (primary N) is 2. The Kier molecular flexibility index (Phi) is 4.74. The van der Waals surface area contributed by atoms with Crippen LogP contribution >= 0.6 is 0 Å². The first-order valence-corrected chi connectivity index (χ1v) is 7.68. The predicted octanol–water partition coefficient (Wildman–Crippen LogP) is 2.10. The van der Waals surface area contributed by atoms with Gasteiger partial charge in [0.2, 0.25) is 5.96 Å². The van der Waals surface area contributed by atoms with Gasteiger partial charge in [0, 0.05) is 5.56 Å². The second-order valence-electron chi connectivity index (χ2n) is 5.64. The van der Waals surface area contributed by atoms with Crippen molar-refractivity contribution in [3.8, 4) is 18.0 Å². The highest BCUT2D eigenvalue weighted by Gasteiger charge is 2.34. The fraction of sp³-hybridized carbons (Fsp3) is 0.125. The molecule has 0 aliphatic carbocycles. The molecular formula is C16H10F4N8O. The number of fused-ring (bicyclic) bond motifs is 1. The molecule has 13 heteroatoms. The quantitative estimate of drug-likeness (QED) is 0.335. The Labute approximate surface area is 160 Å². The maximum absolute atomic E-state index is 13.8. The lowest BCUT2D eigenvalue weighted by atomic mass is 9.95. The van der Waals surface area contributed by atoms with Gasteiger partial charge in [0.05, 0.1) is 5.69 Å². The van der Waals surface area contributed by atoms with Crippen molar-refractivity contribution in [2.75, 3.05) is 16.8 Å². The van der Waals surface area contributed by atoms with Crippen LogP contribution in [-0.4, -0.2) is 17.3 Å². The van der Waals surface area contributed by atoms with Gasteiger partial charge in [-0.05, 0) is 17.7 Å². The Bertz CT molecular complexity index is 1100. The van der Waals surface area contributed by atoms with E-state index in [1.807, 2.05) is 0 Å². The molecule has 0 amide bonds. The number of guanidine groups is 1. The molecule has 0 saturated carbocycles. The number of aliphatic imine (C=N–C) groups is 1. The molecule has 1 aliphatic heterocycles. The molecule has 1 aromatic carbocycles. The minimum absolute atomic E-state index is 0.0272. The van der Waals surface area contributed by atoms with Crippen LogP contribution in [0.25, 0.3) is 0 Å². The number of nitrogens with zero attached hydrogens (tertiary/aromatic N) is 4. The van der Waals surface area contributed by atoms with Crippen molar-refractivity contribution in [2.24, 2.45) is 4.99 Å². The summed E-state index contributed by atoms with van der Waals surface area (Å²) in [5.74, 6) is -2.61. The summed E-state index contributed by atoms with van der Waals surface area (Å²) >= 11 is 0. The summed E-state index contributed by atoms with van der Waals surface area (Å²) in [7, 11) is 0. The van der Waals surface area contributed by atoms with Crippen LogP contribution in [0.4, 0.5) is 34.9 Å². The van der Waals surface area contributed by atoms with Gasteiger partial charge in [0.15, 0.2) is 17.8 Å². The summed E-state index contributed by atoms with van der Waals surface area (Å²) in [6, 6.07) is 3.35. The largest absolute Gasteiger partial charge is 0.573 e. The third-order valence-electron chi connectivity index (χ3n) is 3.85. The first-order chi connectivity index (χ1) is 13.6. The number of aromatic nitrogens is 1. The highest BCUT2D eigenvalue weighted by atomic mass is 19.4. The fourth-order valence-corrected chi connectivity index (χ4v) is 2.72. The van der Waals surface area contributed by atoms with Crippen LogP contribution in [0.15, 0.2) is 23.2 Å². The second-order valence-corrected chi connectivity index (χ2v) is 5.64. The minimum Gasteiger partial charge on any atom is -0.403 e. The van der Waals surface area contributed by atoms with Gasteiger partial charge in [0.25, 0.3) is 0 Å². The minimum atomic E-state index is -5.12. The zero-order valence-electron chi connectivity index (χ0n) is 14.2. The number of benzene rings is 1. The molecule has 0 fully saturated rings. The van der Waals surface area contributed by atoms with Crippen molar-refractivity contribution in [2.45, 2.75) is 12.4 Å². The van der Waals surface area contributed by atoms with Crippen LogP contribution in [0.2, 0.25) is 0 Å². The van der Waals surface area contributed by atoms with E-state index in [9.17, 15) is 22.8 Å². The number of nitrogen functional groups attached to an aromatic ring is 2. The van der Waals surface area contributed by atoms with E-state index in [1.165, 1.54) is 0 Å². The maximum Gasteiger partial charge on any atom is 0.573 e. The van der Waals surface area contributed by atoms with E-state index < -0.39 is 24.0 Å². The molecule has 0 spiro atoms. The number of pyridine rings is 1. The summed E-state index contributed by atoms with van der Waals surface area (Å²) < 4.78 is 55.1. The molecular weight excluding hydrogens is 396 g/mol. The van der Waals surface area contributed by atoms with Crippen LogP contribution in [0, 0.1) is 28.6 Å². The van der Waals surface area contributed by atoms with Gasteiger partial charge in [-0.3, -0.25) is 5.32 Å². The highest BCUT2D eigenvalue weighted by Crippen LogP contribution is 2.41. The molecule has 0 bridgehead atoms. The number of rotatable bonds is 2. The van der Waals surface area contributed by atoms with Gasteiger partial charge in [-0.15, -0.1) is 13.2 Å². The van der Waals surface area contributed by atoms with Crippen molar-refractivity contribution >= 4 is 23.3 Å². The third kappa shape index (κ3) is 3.74. The molecule has 2 aromatic rings. The normalized spacial score (nSPS) is 15.2. The summed E-state index contributed by atoms with van der Waals surface area (Å²) in [5, 5.41) is 23.0. The Morgan fingerprint density at radius 3 is 2.59 bits per heavy atom. The maximum atomic E-state index is 13.8. The number of anilines is 3. The molecule has 0 radical (unpaired) electrons. The van der Waals surface area contributed by atoms with E-state index in [0.29, 0.717) is 0 Å². The van der Waals surface area contributed by atoms with Crippen LogP contribution in [-0.2, 0) is 0 Å². The smallest absolute Gasteiger partial charge is 0.403 e. The monoisotopic (exact) mass is 406 g/mol. The molecule has 29 heavy (non-hydrogen) atoms. The van der Waals surface area contributed by atoms with Crippen molar-refractivity contribution in [1.82, 2.24) is 10.3 Å². The lowest BCUT2D eigenvalue weighted by Crippen LogP contribution is -2.32. The van der Waals surface area contributed by atoms with Crippen LogP contribution in [0.3, 0.4) is 0 Å². The molecule has 6 N–H and O–H groups in total. The summed E-state index contributed by atoms with van der Waals surface area (Å²) in [4.78, 5) is 8.16. The molecule has 2 heterocycles. The molecule has 1 aromatic heterocycles. The number of hydrogen-bond acceptors (Lipinski definition) is 9. The first kappa shape index (κ1) is 19.5. The number of halogens is 4. The predicted molar refractivity (Wildman–Crippen MR) is 92.5 cm³/mol. The molecule has 148 valence electrons. The first-order valence-electron chi connectivity index (χ1n) is 7.68. The Balaban J connectivity index is 2.20. The SMILES string of the molecule is N#CNC1=NC(c2ccc(F)c(OC(F)(F)F)c2)c2c(nc(N)c(C#N)c2N)N1. The molecule has 1 aliphatic rings. The topological polar surface area (TPSA) is 158 Å². The zero-order chi connectivity index (χ0) is 21.3. The van der Waals surface area contributed by atoms with Gasteiger partial charge in [-0.2, -0.15) is 10.5 Å². The van der Waals surface area contributed by atoms with Crippen molar-refractivity contribution in [1.29, 1.82) is 10.5 Å². The van der Waals surface area contributed by atoms with Crippen molar-refractivity contribution in [3.63, 3.8) is 0 Å². The number of nitrogens with one attached hydrogen (secondary N) is 2. The average Bonchev–Trinajstić information content (AvgIpc) is 2.62. The van der Waals surface area contributed by atoms with E-state index in [-0.39, 0.29) is 40.0 Å².